The molecule has 3 rings (SSSR count). The van der Waals surface area contributed by atoms with Crippen LogP contribution in [-0.2, 0) is 9.53 Å². The molecule has 1 N–H and O–H groups in total. The third-order valence-corrected chi connectivity index (χ3v) is 5.04. The number of thiophene rings is 1. The molecule has 0 aliphatic heterocycles. The lowest BCUT2D eigenvalue weighted by Crippen LogP contribution is -2.30. The molecule has 1 atom stereocenters. The van der Waals surface area contributed by atoms with Crippen molar-refractivity contribution in [3.8, 4) is 5.75 Å². The molecular weight excluding hydrogens is 369 g/mol. The second-order valence-corrected chi connectivity index (χ2v) is 7.12. The van der Waals surface area contributed by atoms with Gasteiger partial charge in [-0.25, -0.2) is 9.18 Å². The lowest BCUT2D eigenvalue weighted by molar-refractivity contribution is -0.123. The van der Waals surface area contributed by atoms with Crippen LogP contribution in [0.3, 0.4) is 0 Å². The van der Waals surface area contributed by atoms with Gasteiger partial charge in [0, 0.05) is 4.70 Å². The fraction of sp³-hybridized carbons (Fsp3) is 0.200. The van der Waals surface area contributed by atoms with Crippen molar-refractivity contribution in [1.29, 1.82) is 0 Å². The number of hydrogen-bond donors (Lipinski definition) is 1. The Kier molecular flexibility index (Phi) is 5.41. The second kappa shape index (κ2) is 7.75. The van der Waals surface area contributed by atoms with Gasteiger partial charge in [-0.3, -0.25) is 4.79 Å². The third-order valence-electron chi connectivity index (χ3n) is 3.95. The summed E-state index contributed by atoms with van der Waals surface area (Å²) in [7, 11) is 1.51. The van der Waals surface area contributed by atoms with Gasteiger partial charge in [-0.15, -0.1) is 11.3 Å². The molecule has 3 aromatic rings. The third kappa shape index (κ3) is 4.25. The lowest BCUT2D eigenvalue weighted by Gasteiger charge is -2.15. The molecule has 1 aromatic heterocycles. The van der Waals surface area contributed by atoms with Gasteiger partial charge in [-0.05, 0) is 61.2 Å². The Morgan fingerprint density at radius 3 is 2.67 bits per heavy atom. The smallest absolute Gasteiger partial charge is 0.349 e. The van der Waals surface area contributed by atoms with Crippen LogP contribution in [0.4, 0.5) is 10.1 Å². The number of carbonyl (C=O) groups excluding carboxylic acids is 2. The van der Waals surface area contributed by atoms with Crippen LogP contribution in [0.1, 0.15) is 22.2 Å². The summed E-state index contributed by atoms with van der Waals surface area (Å²) in [6.07, 6.45) is -1.01. The van der Waals surface area contributed by atoms with Crippen molar-refractivity contribution in [2.75, 3.05) is 12.4 Å². The molecule has 7 heteroatoms. The van der Waals surface area contributed by atoms with Crippen molar-refractivity contribution in [3.63, 3.8) is 0 Å². The van der Waals surface area contributed by atoms with Crippen LogP contribution in [0, 0.1) is 12.7 Å². The fourth-order valence-electron chi connectivity index (χ4n) is 2.54. The summed E-state index contributed by atoms with van der Waals surface area (Å²) in [5.41, 5.74) is 1.45. The average molecular weight is 387 g/mol. The van der Waals surface area contributed by atoms with Crippen molar-refractivity contribution in [3.05, 3.63) is 58.7 Å². The summed E-state index contributed by atoms with van der Waals surface area (Å²) < 4.78 is 24.5. The summed E-state index contributed by atoms with van der Waals surface area (Å²) >= 11 is 1.19. The number of esters is 1. The Hall–Kier alpha value is -2.93. The van der Waals surface area contributed by atoms with E-state index in [-0.39, 0.29) is 5.82 Å². The molecule has 0 fully saturated rings. The van der Waals surface area contributed by atoms with E-state index in [4.69, 9.17) is 9.47 Å². The number of halogens is 1. The first-order valence-electron chi connectivity index (χ1n) is 8.23. The van der Waals surface area contributed by atoms with Crippen LogP contribution in [0.5, 0.6) is 5.75 Å². The molecule has 0 spiro atoms. The highest BCUT2D eigenvalue weighted by atomic mass is 32.1. The number of methoxy groups -OCH3 is 1. The number of aryl methyl sites for hydroxylation is 1. The summed E-state index contributed by atoms with van der Waals surface area (Å²) in [6, 6.07) is 11.2. The molecule has 0 saturated carbocycles. The molecule has 27 heavy (non-hydrogen) atoms. The molecule has 1 heterocycles. The van der Waals surface area contributed by atoms with Crippen molar-refractivity contribution < 1.29 is 23.5 Å². The largest absolute Gasteiger partial charge is 0.495 e. The number of rotatable bonds is 5. The molecule has 0 saturated heterocycles. The highest BCUT2D eigenvalue weighted by Gasteiger charge is 2.21. The minimum absolute atomic E-state index is 0.309. The SMILES string of the molecule is COc1ccc(C)cc1NC(=O)[C@H](C)OC(=O)c1cc2cc(F)ccc2s1. The molecule has 5 nitrogen and oxygen atoms in total. The summed E-state index contributed by atoms with van der Waals surface area (Å²) in [5, 5.41) is 3.32. The van der Waals surface area contributed by atoms with E-state index < -0.39 is 18.0 Å². The van der Waals surface area contributed by atoms with Crippen molar-refractivity contribution >= 4 is 39.0 Å². The molecule has 1 amide bonds. The van der Waals surface area contributed by atoms with Crippen LogP contribution in [0.15, 0.2) is 42.5 Å². The van der Waals surface area contributed by atoms with Crippen molar-refractivity contribution in [2.45, 2.75) is 20.0 Å². The average Bonchev–Trinajstić information content (AvgIpc) is 3.05. The van der Waals surface area contributed by atoms with Crippen LogP contribution in [0.25, 0.3) is 10.1 Å². The molecule has 0 aliphatic rings. The number of carbonyl (C=O) groups is 2. The normalized spacial score (nSPS) is 11.9. The maximum atomic E-state index is 13.3. The first kappa shape index (κ1) is 18.8. The van der Waals surface area contributed by atoms with Gasteiger partial charge in [0.2, 0.25) is 0 Å². The van der Waals surface area contributed by atoms with E-state index >= 15 is 0 Å². The van der Waals surface area contributed by atoms with Gasteiger partial charge in [0.15, 0.2) is 6.10 Å². The zero-order valence-electron chi connectivity index (χ0n) is 15.0. The summed E-state index contributed by atoms with van der Waals surface area (Å²) in [5.74, 6) is -0.964. The van der Waals surface area contributed by atoms with Crippen molar-refractivity contribution in [1.82, 2.24) is 0 Å². The van der Waals surface area contributed by atoms with Gasteiger partial charge >= 0.3 is 5.97 Å². The number of fused-ring (bicyclic) bond motifs is 1. The Balaban J connectivity index is 1.70. The van der Waals surface area contributed by atoms with Gasteiger partial charge < -0.3 is 14.8 Å². The Labute approximate surface area is 159 Å². The standard InChI is InChI=1S/C20H18FNO4S/c1-11-4-6-16(25-3)15(8-11)22-19(23)12(2)26-20(24)18-10-13-9-14(21)5-7-17(13)27-18/h4-10,12H,1-3H3,(H,22,23)/t12-/m0/s1. The van der Waals surface area contributed by atoms with E-state index in [0.29, 0.717) is 21.7 Å². The quantitative estimate of drug-likeness (QED) is 0.653. The molecule has 2 aromatic carbocycles. The maximum absolute atomic E-state index is 13.3. The van der Waals surface area contributed by atoms with Crippen LogP contribution >= 0.6 is 11.3 Å². The second-order valence-electron chi connectivity index (χ2n) is 6.03. The van der Waals surface area contributed by atoms with Crippen LogP contribution in [-0.4, -0.2) is 25.1 Å². The molecule has 140 valence electrons. The van der Waals surface area contributed by atoms with E-state index in [1.165, 1.54) is 37.5 Å². The lowest BCUT2D eigenvalue weighted by atomic mass is 10.2. The number of amides is 1. The first-order chi connectivity index (χ1) is 12.9. The maximum Gasteiger partial charge on any atom is 0.349 e. The zero-order chi connectivity index (χ0) is 19.6. The highest BCUT2D eigenvalue weighted by Crippen LogP contribution is 2.28. The van der Waals surface area contributed by atoms with Crippen molar-refractivity contribution in [2.24, 2.45) is 0 Å². The minimum Gasteiger partial charge on any atom is -0.495 e. The van der Waals surface area contributed by atoms with Gasteiger partial charge in [0.05, 0.1) is 12.8 Å². The van der Waals surface area contributed by atoms with Gasteiger partial charge in [0.25, 0.3) is 5.91 Å². The number of ether oxygens (including phenoxy) is 2. The number of nitrogens with one attached hydrogen (secondary N) is 1. The predicted molar refractivity (Wildman–Crippen MR) is 103 cm³/mol. The molecule has 0 unspecified atom stereocenters. The monoisotopic (exact) mass is 387 g/mol. The topological polar surface area (TPSA) is 64.6 Å². The van der Waals surface area contributed by atoms with Gasteiger partial charge in [-0.1, -0.05) is 6.07 Å². The Morgan fingerprint density at radius 2 is 1.93 bits per heavy atom. The van der Waals surface area contributed by atoms with Crippen LogP contribution < -0.4 is 10.1 Å². The molecule has 0 bridgehead atoms. The zero-order valence-corrected chi connectivity index (χ0v) is 15.9. The van der Waals surface area contributed by atoms with E-state index in [9.17, 15) is 14.0 Å². The number of anilines is 1. The van der Waals surface area contributed by atoms with Gasteiger partial charge in [-0.2, -0.15) is 0 Å². The molecule has 0 aliphatic carbocycles. The van der Waals surface area contributed by atoms with E-state index in [1.54, 1.807) is 24.3 Å². The Bertz CT molecular complexity index is 1010. The predicted octanol–water partition coefficient (Wildman–Crippen LogP) is 4.54. The number of benzene rings is 2. The minimum atomic E-state index is -1.01. The van der Waals surface area contributed by atoms with E-state index in [2.05, 4.69) is 5.32 Å². The molecule has 0 radical (unpaired) electrons. The summed E-state index contributed by atoms with van der Waals surface area (Å²) in [4.78, 5) is 25.0. The van der Waals surface area contributed by atoms with Crippen LogP contribution in [0.2, 0.25) is 0 Å². The summed E-state index contributed by atoms with van der Waals surface area (Å²) in [6.45, 7) is 3.38. The van der Waals surface area contributed by atoms with E-state index in [1.807, 2.05) is 13.0 Å². The number of hydrogen-bond acceptors (Lipinski definition) is 5. The Morgan fingerprint density at radius 1 is 1.15 bits per heavy atom. The van der Waals surface area contributed by atoms with E-state index in [0.717, 1.165) is 10.3 Å². The van der Waals surface area contributed by atoms with Gasteiger partial charge in [0.1, 0.15) is 16.4 Å². The highest BCUT2D eigenvalue weighted by molar-refractivity contribution is 7.20. The fourth-order valence-corrected chi connectivity index (χ4v) is 3.47. The molecular formula is C20H18FNO4S. The first-order valence-corrected chi connectivity index (χ1v) is 9.04.